The Morgan fingerprint density at radius 2 is 1.83 bits per heavy atom. The van der Waals surface area contributed by atoms with Gasteiger partial charge in [-0.25, -0.2) is 9.37 Å². The quantitative estimate of drug-likeness (QED) is 0.668. The molecular weight excluding hydrogens is 375 g/mol. The summed E-state index contributed by atoms with van der Waals surface area (Å²) < 4.78 is 14.5. The van der Waals surface area contributed by atoms with Crippen molar-refractivity contribution >= 4 is 28.4 Å². The Morgan fingerprint density at radius 1 is 1.10 bits per heavy atom. The number of rotatable bonds is 6. The summed E-state index contributed by atoms with van der Waals surface area (Å²) in [5, 5.41) is 5.62. The summed E-state index contributed by atoms with van der Waals surface area (Å²) in [6.07, 6.45) is 1.51. The van der Waals surface area contributed by atoms with Crippen molar-refractivity contribution in [1.29, 1.82) is 0 Å². The summed E-state index contributed by atoms with van der Waals surface area (Å²) >= 11 is 0. The van der Waals surface area contributed by atoms with Crippen LogP contribution in [0.15, 0.2) is 53.6 Å². The molecule has 0 aliphatic heterocycles. The molecule has 2 amide bonds. The second-order valence-corrected chi connectivity index (χ2v) is 6.98. The summed E-state index contributed by atoms with van der Waals surface area (Å²) in [5.41, 5.74) is 1.23. The number of aromatic nitrogens is 2. The van der Waals surface area contributed by atoms with Crippen LogP contribution in [0.25, 0.3) is 10.9 Å². The molecule has 0 aliphatic carbocycles. The first-order valence-corrected chi connectivity index (χ1v) is 9.14. The van der Waals surface area contributed by atoms with E-state index in [9.17, 15) is 18.8 Å². The van der Waals surface area contributed by atoms with E-state index >= 15 is 0 Å². The number of fused-ring (bicyclic) bond motifs is 1. The van der Waals surface area contributed by atoms with E-state index in [1.54, 1.807) is 24.3 Å². The molecule has 8 heteroatoms. The second-order valence-electron chi connectivity index (χ2n) is 6.98. The van der Waals surface area contributed by atoms with Crippen molar-refractivity contribution in [3.8, 4) is 0 Å². The van der Waals surface area contributed by atoms with Crippen molar-refractivity contribution in [2.24, 2.45) is 0 Å². The average molecular weight is 396 g/mol. The van der Waals surface area contributed by atoms with Gasteiger partial charge in [0, 0.05) is 11.7 Å². The molecule has 0 bridgehead atoms. The minimum atomic E-state index is -0.541. The first kappa shape index (κ1) is 20.2. The maximum Gasteiger partial charge on any atom is 0.261 e. The lowest BCUT2D eigenvalue weighted by atomic mass is 10.1. The van der Waals surface area contributed by atoms with E-state index in [2.05, 4.69) is 15.6 Å². The van der Waals surface area contributed by atoms with Gasteiger partial charge in [-0.15, -0.1) is 0 Å². The molecule has 0 atom stereocenters. The number of anilines is 1. The van der Waals surface area contributed by atoms with Gasteiger partial charge in [0.05, 0.1) is 23.7 Å². The van der Waals surface area contributed by atoms with Crippen LogP contribution < -0.4 is 16.2 Å². The molecule has 1 heterocycles. The highest BCUT2D eigenvalue weighted by Crippen LogP contribution is 2.11. The first-order chi connectivity index (χ1) is 13.8. The minimum Gasteiger partial charge on any atom is -0.354 e. The highest BCUT2D eigenvalue weighted by atomic mass is 19.1. The Bertz CT molecular complexity index is 1110. The molecule has 0 aliphatic rings. The summed E-state index contributed by atoms with van der Waals surface area (Å²) in [6.45, 7) is 3.53. The summed E-state index contributed by atoms with van der Waals surface area (Å²) in [6, 6.07) is 10.7. The van der Waals surface area contributed by atoms with Crippen LogP contribution in [-0.4, -0.2) is 27.4 Å². The molecule has 2 N–H and O–H groups in total. The number of amides is 2. The minimum absolute atomic E-state index is 0.0728. The number of benzene rings is 2. The monoisotopic (exact) mass is 396 g/mol. The number of hydrogen-bond donors (Lipinski definition) is 2. The summed E-state index contributed by atoms with van der Waals surface area (Å²) in [4.78, 5) is 40.6. The van der Waals surface area contributed by atoms with E-state index in [4.69, 9.17) is 0 Å². The van der Waals surface area contributed by atoms with E-state index in [0.29, 0.717) is 11.2 Å². The van der Waals surface area contributed by atoms with Crippen LogP contribution in [0.2, 0.25) is 0 Å². The lowest BCUT2D eigenvalue weighted by Crippen LogP contribution is -2.31. The third-order valence-electron chi connectivity index (χ3n) is 4.15. The molecule has 0 radical (unpaired) electrons. The van der Waals surface area contributed by atoms with Gasteiger partial charge in [-0.2, -0.15) is 0 Å². The van der Waals surface area contributed by atoms with E-state index < -0.39 is 17.3 Å². The first-order valence-electron chi connectivity index (χ1n) is 9.14. The van der Waals surface area contributed by atoms with Gasteiger partial charge in [-0.05, 0) is 49.7 Å². The maximum absolute atomic E-state index is 13.4. The van der Waals surface area contributed by atoms with Crippen LogP contribution in [0, 0.1) is 5.82 Å². The van der Waals surface area contributed by atoms with E-state index in [0.717, 1.165) is 16.2 Å². The van der Waals surface area contributed by atoms with E-state index in [1.807, 2.05) is 13.8 Å². The Balaban J connectivity index is 1.65. The highest BCUT2D eigenvalue weighted by Gasteiger charge is 2.10. The Hall–Kier alpha value is -3.55. The predicted molar refractivity (Wildman–Crippen MR) is 108 cm³/mol. The molecule has 7 nitrogen and oxygen atoms in total. The Morgan fingerprint density at radius 3 is 2.52 bits per heavy atom. The molecule has 1 aromatic heterocycles. The molecule has 0 saturated carbocycles. The molecule has 0 saturated heterocycles. The summed E-state index contributed by atoms with van der Waals surface area (Å²) in [5.74, 6) is -1.04. The van der Waals surface area contributed by atoms with E-state index in [1.165, 1.54) is 18.5 Å². The molecule has 0 unspecified atom stereocenters. The fourth-order valence-corrected chi connectivity index (χ4v) is 2.86. The maximum atomic E-state index is 13.4. The normalized spacial score (nSPS) is 10.9. The number of halogens is 1. The van der Waals surface area contributed by atoms with Gasteiger partial charge in [-0.1, -0.05) is 12.1 Å². The lowest BCUT2D eigenvalue weighted by molar-refractivity contribution is -0.121. The zero-order valence-corrected chi connectivity index (χ0v) is 16.1. The predicted octanol–water partition coefficient (Wildman–Crippen LogP) is 2.24. The fraction of sp³-hybridized carbons (Fsp3) is 0.238. The third-order valence-corrected chi connectivity index (χ3v) is 4.15. The van der Waals surface area contributed by atoms with Crippen LogP contribution in [0.1, 0.15) is 19.4 Å². The van der Waals surface area contributed by atoms with Crippen molar-refractivity contribution in [3.63, 3.8) is 0 Å². The number of hydrogen-bond acceptors (Lipinski definition) is 4. The lowest BCUT2D eigenvalue weighted by Gasteiger charge is -2.10. The Labute approximate surface area is 166 Å². The topological polar surface area (TPSA) is 93.1 Å². The zero-order valence-electron chi connectivity index (χ0n) is 16.1. The molecular formula is C21H21FN4O3. The van der Waals surface area contributed by atoms with Gasteiger partial charge >= 0.3 is 0 Å². The van der Waals surface area contributed by atoms with E-state index in [-0.39, 0.29) is 30.3 Å². The van der Waals surface area contributed by atoms with Crippen molar-refractivity contribution in [2.75, 3.05) is 5.32 Å². The van der Waals surface area contributed by atoms with Crippen LogP contribution in [0.3, 0.4) is 0 Å². The van der Waals surface area contributed by atoms with Crippen molar-refractivity contribution in [3.05, 3.63) is 70.5 Å². The standard InChI is InChI=1S/C21H21FN4O3/c1-13(2)24-19(27)9-14-3-6-16(7-4-14)25-20(28)11-26-12-23-18-8-5-15(22)10-17(18)21(26)29/h3-8,10,12-13H,9,11H2,1-2H3,(H,24,27)(H,25,28). The van der Waals surface area contributed by atoms with Crippen molar-refractivity contribution in [2.45, 2.75) is 32.9 Å². The Kier molecular flexibility index (Phi) is 6.01. The van der Waals surface area contributed by atoms with Gasteiger partial charge in [0.2, 0.25) is 11.8 Å². The largest absolute Gasteiger partial charge is 0.354 e. The third kappa shape index (κ3) is 5.25. The summed E-state index contributed by atoms with van der Waals surface area (Å²) in [7, 11) is 0. The van der Waals surface area contributed by atoms with Gasteiger partial charge < -0.3 is 10.6 Å². The van der Waals surface area contributed by atoms with Crippen LogP contribution in [0.5, 0.6) is 0 Å². The molecule has 0 fully saturated rings. The molecule has 3 rings (SSSR count). The van der Waals surface area contributed by atoms with Crippen molar-refractivity contribution in [1.82, 2.24) is 14.9 Å². The highest BCUT2D eigenvalue weighted by molar-refractivity contribution is 5.91. The average Bonchev–Trinajstić information content (AvgIpc) is 2.65. The zero-order chi connectivity index (χ0) is 21.0. The van der Waals surface area contributed by atoms with Gasteiger partial charge in [0.25, 0.3) is 5.56 Å². The van der Waals surface area contributed by atoms with Crippen LogP contribution >= 0.6 is 0 Å². The SMILES string of the molecule is CC(C)NC(=O)Cc1ccc(NC(=O)Cn2cnc3ccc(F)cc3c2=O)cc1. The van der Waals surface area contributed by atoms with Crippen LogP contribution in [-0.2, 0) is 22.6 Å². The van der Waals surface area contributed by atoms with Crippen LogP contribution in [0.4, 0.5) is 10.1 Å². The molecule has 150 valence electrons. The fourth-order valence-electron chi connectivity index (χ4n) is 2.86. The number of nitrogens with zero attached hydrogens (tertiary/aromatic N) is 2. The molecule has 2 aromatic carbocycles. The molecule has 3 aromatic rings. The molecule has 29 heavy (non-hydrogen) atoms. The number of carbonyl (C=O) groups is 2. The van der Waals surface area contributed by atoms with Gasteiger partial charge in [0.15, 0.2) is 0 Å². The smallest absolute Gasteiger partial charge is 0.261 e. The van der Waals surface area contributed by atoms with Gasteiger partial charge in [0.1, 0.15) is 12.4 Å². The molecule has 0 spiro atoms. The van der Waals surface area contributed by atoms with Crippen molar-refractivity contribution < 1.29 is 14.0 Å². The number of nitrogens with one attached hydrogen (secondary N) is 2. The number of carbonyl (C=O) groups excluding carboxylic acids is 2. The van der Waals surface area contributed by atoms with Gasteiger partial charge in [-0.3, -0.25) is 19.0 Å². The second kappa shape index (κ2) is 8.64.